The lowest BCUT2D eigenvalue weighted by Gasteiger charge is -2.30. The minimum atomic E-state index is -4.48. The number of anilines is 2. The number of amides is 1. The maximum Gasteiger partial charge on any atom is 0.418 e. The summed E-state index contributed by atoms with van der Waals surface area (Å²) in [5, 5.41) is 2.56. The molecule has 1 saturated heterocycles. The normalized spacial score (nSPS) is 17.8. The molecule has 8 heteroatoms. The Balaban J connectivity index is 1.74. The number of rotatable bonds is 3. The first-order valence-electron chi connectivity index (χ1n) is 8.39. The second kappa shape index (κ2) is 7.31. The van der Waals surface area contributed by atoms with Crippen molar-refractivity contribution in [1.29, 1.82) is 0 Å². The number of halogens is 3. The summed E-state index contributed by atoms with van der Waals surface area (Å²) in [5.74, 6) is 0.303. The molecule has 1 aromatic heterocycles. The van der Waals surface area contributed by atoms with Crippen LogP contribution in [0.3, 0.4) is 0 Å². The summed E-state index contributed by atoms with van der Waals surface area (Å²) in [6.07, 6.45) is 0.258. The van der Waals surface area contributed by atoms with Gasteiger partial charge in [-0.1, -0.05) is 19.1 Å². The van der Waals surface area contributed by atoms with Gasteiger partial charge in [-0.3, -0.25) is 4.79 Å². The van der Waals surface area contributed by atoms with Crippen molar-refractivity contribution < 1.29 is 18.0 Å². The molecule has 1 atom stereocenters. The summed E-state index contributed by atoms with van der Waals surface area (Å²) in [4.78, 5) is 22.2. The van der Waals surface area contributed by atoms with Crippen LogP contribution in [0.4, 0.5) is 24.8 Å². The minimum absolute atomic E-state index is 0.00487. The van der Waals surface area contributed by atoms with Gasteiger partial charge in [0.2, 0.25) is 5.95 Å². The lowest BCUT2D eigenvalue weighted by atomic mass is 10.00. The second-order valence-electron chi connectivity index (χ2n) is 6.46. The van der Waals surface area contributed by atoms with Crippen LogP contribution in [0, 0.1) is 5.92 Å². The molecule has 1 amide bonds. The van der Waals surface area contributed by atoms with Crippen LogP contribution in [-0.2, 0) is 6.18 Å². The fourth-order valence-electron chi connectivity index (χ4n) is 3.02. The van der Waals surface area contributed by atoms with Crippen molar-refractivity contribution in [1.82, 2.24) is 14.9 Å². The van der Waals surface area contributed by atoms with Crippen molar-refractivity contribution in [3.05, 3.63) is 47.8 Å². The van der Waals surface area contributed by atoms with Crippen molar-refractivity contribution in [2.45, 2.75) is 25.9 Å². The highest BCUT2D eigenvalue weighted by Crippen LogP contribution is 2.35. The fourth-order valence-corrected chi connectivity index (χ4v) is 3.02. The number of carbonyl (C=O) groups excluding carboxylic acids is 1. The molecule has 2 heterocycles. The van der Waals surface area contributed by atoms with Gasteiger partial charge in [-0.05, 0) is 30.9 Å². The van der Waals surface area contributed by atoms with E-state index in [1.54, 1.807) is 4.90 Å². The summed E-state index contributed by atoms with van der Waals surface area (Å²) >= 11 is 0. The molecule has 1 N–H and O–H groups in total. The van der Waals surface area contributed by atoms with E-state index in [0.29, 0.717) is 24.6 Å². The first kappa shape index (κ1) is 18.2. The van der Waals surface area contributed by atoms with E-state index in [1.807, 2.05) is 0 Å². The highest BCUT2D eigenvalue weighted by Gasteiger charge is 2.33. The third-order valence-corrected chi connectivity index (χ3v) is 4.32. The number of likely N-dealkylation sites (tertiary alicyclic amines) is 1. The van der Waals surface area contributed by atoms with Gasteiger partial charge in [0.05, 0.1) is 16.8 Å². The molecule has 2 aromatic rings. The molecule has 0 radical (unpaired) electrons. The van der Waals surface area contributed by atoms with Crippen LogP contribution in [0.15, 0.2) is 36.7 Å². The van der Waals surface area contributed by atoms with Crippen LogP contribution >= 0.6 is 0 Å². The average molecular weight is 364 g/mol. The van der Waals surface area contributed by atoms with Gasteiger partial charge in [-0.15, -0.1) is 0 Å². The molecule has 5 nitrogen and oxygen atoms in total. The molecular formula is C18H19F3N4O. The van der Waals surface area contributed by atoms with E-state index < -0.39 is 11.7 Å². The molecule has 3 rings (SSSR count). The molecule has 0 bridgehead atoms. The third-order valence-electron chi connectivity index (χ3n) is 4.32. The standard InChI is InChI=1S/C18H19F3N4O/c1-12-5-4-8-25(11-12)16(26)13-9-22-17(23-10-13)24-15-7-3-2-6-14(15)18(19,20)21/h2-3,6-7,9-10,12H,4-5,8,11H2,1H3,(H,22,23,24). The summed E-state index contributed by atoms with van der Waals surface area (Å²) in [5.41, 5.74) is -0.608. The van der Waals surface area contributed by atoms with E-state index in [9.17, 15) is 18.0 Å². The SMILES string of the molecule is CC1CCCN(C(=O)c2cnc(Nc3ccccc3C(F)(F)F)nc2)C1. The number of hydrogen-bond donors (Lipinski definition) is 1. The fraction of sp³-hybridized carbons (Fsp3) is 0.389. The molecule has 1 unspecified atom stereocenters. The van der Waals surface area contributed by atoms with E-state index in [4.69, 9.17) is 0 Å². The van der Waals surface area contributed by atoms with Crippen LogP contribution in [0.1, 0.15) is 35.7 Å². The maximum atomic E-state index is 13.0. The topological polar surface area (TPSA) is 58.1 Å². The molecule has 0 aliphatic carbocycles. The highest BCUT2D eigenvalue weighted by atomic mass is 19.4. The number of aromatic nitrogens is 2. The maximum absolute atomic E-state index is 13.0. The third kappa shape index (κ3) is 4.12. The van der Waals surface area contributed by atoms with Crippen LogP contribution in [0.5, 0.6) is 0 Å². The van der Waals surface area contributed by atoms with Crippen LogP contribution in [-0.4, -0.2) is 33.9 Å². The van der Waals surface area contributed by atoms with Gasteiger partial charge in [0, 0.05) is 25.5 Å². The summed E-state index contributed by atoms with van der Waals surface area (Å²) < 4.78 is 39.1. The average Bonchev–Trinajstić information content (AvgIpc) is 2.61. The number of hydrogen-bond acceptors (Lipinski definition) is 4. The zero-order valence-electron chi connectivity index (χ0n) is 14.3. The molecule has 0 saturated carbocycles. The van der Waals surface area contributed by atoms with Gasteiger partial charge in [-0.2, -0.15) is 13.2 Å². The number of nitrogens with zero attached hydrogens (tertiary/aromatic N) is 3. The molecule has 0 spiro atoms. The van der Waals surface area contributed by atoms with Crippen LogP contribution < -0.4 is 5.32 Å². The molecule has 1 aliphatic rings. The van der Waals surface area contributed by atoms with Gasteiger partial charge >= 0.3 is 6.18 Å². The Morgan fingerprint density at radius 2 is 1.92 bits per heavy atom. The number of para-hydroxylation sites is 1. The van der Waals surface area contributed by atoms with E-state index in [-0.39, 0.29) is 17.5 Å². The van der Waals surface area contributed by atoms with Gasteiger partial charge < -0.3 is 10.2 Å². The van der Waals surface area contributed by atoms with E-state index in [2.05, 4.69) is 22.2 Å². The van der Waals surface area contributed by atoms with Gasteiger partial charge in [0.25, 0.3) is 5.91 Å². The zero-order chi connectivity index (χ0) is 18.7. The predicted molar refractivity (Wildman–Crippen MR) is 91.1 cm³/mol. The second-order valence-corrected chi connectivity index (χ2v) is 6.46. The molecule has 138 valence electrons. The van der Waals surface area contributed by atoms with Crippen molar-refractivity contribution >= 4 is 17.5 Å². The highest BCUT2D eigenvalue weighted by molar-refractivity contribution is 5.93. The largest absolute Gasteiger partial charge is 0.418 e. The molecule has 1 aliphatic heterocycles. The molecular weight excluding hydrogens is 345 g/mol. The Hall–Kier alpha value is -2.64. The van der Waals surface area contributed by atoms with E-state index in [0.717, 1.165) is 18.9 Å². The summed E-state index contributed by atoms with van der Waals surface area (Å²) in [6.45, 7) is 3.49. The number of alkyl halides is 3. The number of nitrogens with one attached hydrogen (secondary N) is 1. The zero-order valence-corrected chi connectivity index (χ0v) is 14.3. The summed E-state index contributed by atoms with van der Waals surface area (Å²) in [7, 11) is 0. The van der Waals surface area contributed by atoms with Crippen LogP contribution in [0.25, 0.3) is 0 Å². The Morgan fingerprint density at radius 1 is 1.23 bits per heavy atom. The molecule has 1 fully saturated rings. The number of piperidine rings is 1. The Bertz CT molecular complexity index is 777. The van der Waals surface area contributed by atoms with Crippen molar-refractivity contribution in [3.63, 3.8) is 0 Å². The first-order valence-corrected chi connectivity index (χ1v) is 8.39. The quantitative estimate of drug-likeness (QED) is 0.890. The van der Waals surface area contributed by atoms with Crippen molar-refractivity contribution in [2.75, 3.05) is 18.4 Å². The Labute approximate surface area is 149 Å². The number of carbonyl (C=O) groups is 1. The number of benzene rings is 1. The van der Waals surface area contributed by atoms with Crippen molar-refractivity contribution in [2.24, 2.45) is 5.92 Å². The lowest BCUT2D eigenvalue weighted by Crippen LogP contribution is -2.39. The predicted octanol–water partition coefficient (Wildman–Crippen LogP) is 4.11. The molecule has 1 aromatic carbocycles. The first-order chi connectivity index (χ1) is 12.3. The van der Waals surface area contributed by atoms with E-state index >= 15 is 0 Å². The van der Waals surface area contributed by atoms with Crippen LogP contribution in [0.2, 0.25) is 0 Å². The monoisotopic (exact) mass is 364 g/mol. The summed E-state index contributed by atoms with van der Waals surface area (Å²) in [6, 6.07) is 5.10. The van der Waals surface area contributed by atoms with E-state index in [1.165, 1.54) is 30.6 Å². The minimum Gasteiger partial charge on any atom is -0.338 e. The Kier molecular flexibility index (Phi) is 5.11. The Morgan fingerprint density at radius 3 is 2.58 bits per heavy atom. The lowest BCUT2D eigenvalue weighted by molar-refractivity contribution is -0.136. The smallest absolute Gasteiger partial charge is 0.338 e. The van der Waals surface area contributed by atoms with Crippen molar-refractivity contribution in [3.8, 4) is 0 Å². The van der Waals surface area contributed by atoms with Gasteiger partial charge in [-0.25, -0.2) is 9.97 Å². The van der Waals surface area contributed by atoms with Gasteiger partial charge in [0.1, 0.15) is 0 Å². The van der Waals surface area contributed by atoms with Gasteiger partial charge in [0.15, 0.2) is 0 Å². The molecule has 26 heavy (non-hydrogen) atoms.